The second kappa shape index (κ2) is 8.08. The van der Waals surface area contributed by atoms with Crippen molar-refractivity contribution >= 4 is 27.3 Å². The summed E-state index contributed by atoms with van der Waals surface area (Å²) in [4.78, 5) is 12.6. The van der Waals surface area contributed by atoms with E-state index in [4.69, 9.17) is 0 Å². The summed E-state index contributed by atoms with van der Waals surface area (Å²) >= 11 is 0. The van der Waals surface area contributed by atoms with Crippen molar-refractivity contribution in [2.45, 2.75) is 20.4 Å². The molecule has 0 unspecified atom stereocenters. The lowest BCUT2D eigenvalue weighted by Crippen LogP contribution is -2.24. The number of hydrogen-bond donors (Lipinski definition) is 1. The number of nitrogens with zero attached hydrogens (tertiary/aromatic N) is 3. The Labute approximate surface area is 171 Å². The molecule has 29 heavy (non-hydrogen) atoms. The lowest BCUT2D eigenvalue weighted by atomic mass is 10.1. The van der Waals surface area contributed by atoms with Crippen LogP contribution < -0.4 is 9.62 Å². The summed E-state index contributed by atoms with van der Waals surface area (Å²) in [6.07, 6.45) is 1.13. The molecule has 0 aliphatic rings. The average molecular weight is 413 g/mol. The van der Waals surface area contributed by atoms with Gasteiger partial charge in [-0.3, -0.25) is 13.8 Å². The largest absolute Gasteiger partial charge is 0.322 e. The van der Waals surface area contributed by atoms with E-state index < -0.39 is 10.0 Å². The molecule has 1 aromatic heterocycles. The molecule has 152 valence electrons. The lowest BCUT2D eigenvalue weighted by molar-refractivity contribution is 0.102. The molecular formula is C21H24N4O3S. The molecule has 1 heterocycles. The van der Waals surface area contributed by atoms with E-state index >= 15 is 0 Å². The fourth-order valence-electron chi connectivity index (χ4n) is 2.94. The minimum absolute atomic E-state index is 0.262. The summed E-state index contributed by atoms with van der Waals surface area (Å²) in [5, 5.41) is 7.26. The van der Waals surface area contributed by atoms with Crippen LogP contribution in [-0.2, 0) is 16.6 Å². The monoisotopic (exact) mass is 412 g/mol. The quantitative estimate of drug-likeness (QED) is 0.674. The minimum Gasteiger partial charge on any atom is -0.322 e. The fourth-order valence-corrected chi connectivity index (χ4v) is 3.44. The molecule has 0 atom stereocenters. The number of aryl methyl sites for hydroxylation is 2. The average Bonchev–Trinajstić information content (AvgIpc) is 2.98. The van der Waals surface area contributed by atoms with Gasteiger partial charge in [0.2, 0.25) is 10.0 Å². The molecule has 1 amide bonds. The summed E-state index contributed by atoms with van der Waals surface area (Å²) in [5.41, 5.74) is 4.62. The van der Waals surface area contributed by atoms with Crippen LogP contribution in [0, 0.1) is 13.8 Å². The van der Waals surface area contributed by atoms with Crippen molar-refractivity contribution in [1.82, 2.24) is 9.78 Å². The number of benzene rings is 2. The third-order valence-corrected chi connectivity index (χ3v) is 5.82. The van der Waals surface area contributed by atoms with E-state index in [9.17, 15) is 13.2 Å². The van der Waals surface area contributed by atoms with E-state index in [1.807, 2.05) is 36.7 Å². The van der Waals surface area contributed by atoms with Gasteiger partial charge in [0.1, 0.15) is 0 Å². The topological polar surface area (TPSA) is 84.3 Å². The normalized spacial score (nSPS) is 11.3. The highest BCUT2D eigenvalue weighted by Crippen LogP contribution is 2.21. The van der Waals surface area contributed by atoms with Gasteiger partial charge in [-0.15, -0.1) is 0 Å². The molecule has 7 nitrogen and oxygen atoms in total. The summed E-state index contributed by atoms with van der Waals surface area (Å²) in [5.74, 6) is -0.262. The zero-order valence-corrected chi connectivity index (χ0v) is 17.7. The first-order chi connectivity index (χ1) is 13.6. The Kier molecular flexibility index (Phi) is 5.74. The number of nitrogens with one attached hydrogen (secondary N) is 1. The molecule has 0 spiro atoms. The third-order valence-electron chi connectivity index (χ3n) is 4.62. The van der Waals surface area contributed by atoms with Crippen LogP contribution in [0.2, 0.25) is 0 Å². The summed E-state index contributed by atoms with van der Waals surface area (Å²) in [6.45, 7) is 4.61. The maximum atomic E-state index is 12.6. The molecule has 0 aliphatic heterocycles. The van der Waals surface area contributed by atoms with E-state index in [0.717, 1.165) is 27.5 Å². The fraction of sp³-hybridized carbons (Fsp3) is 0.238. The number of anilines is 2. The molecule has 2 aromatic carbocycles. The van der Waals surface area contributed by atoms with Crippen LogP contribution in [0.3, 0.4) is 0 Å². The maximum Gasteiger partial charge on any atom is 0.255 e. The van der Waals surface area contributed by atoms with Crippen molar-refractivity contribution in [3.05, 3.63) is 77.1 Å². The first-order valence-electron chi connectivity index (χ1n) is 9.09. The SMILES string of the molecule is Cc1cc(C)n(Cc2ccc(C(=O)Nc3cccc(N(C)S(C)(=O)=O)c3)cc2)n1. The molecule has 3 rings (SSSR count). The summed E-state index contributed by atoms with van der Waals surface area (Å²) in [6, 6.07) is 16.1. The lowest BCUT2D eigenvalue weighted by Gasteiger charge is -2.17. The van der Waals surface area contributed by atoms with Crippen molar-refractivity contribution in [2.75, 3.05) is 22.9 Å². The van der Waals surface area contributed by atoms with E-state index in [2.05, 4.69) is 10.4 Å². The molecule has 0 bridgehead atoms. The predicted octanol–water partition coefficient (Wildman–Crippen LogP) is 3.20. The number of sulfonamides is 1. The highest BCUT2D eigenvalue weighted by Gasteiger charge is 2.13. The Balaban J connectivity index is 1.70. The maximum absolute atomic E-state index is 12.6. The van der Waals surface area contributed by atoms with Crippen molar-refractivity contribution in [3.63, 3.8) is 0 Å². The number of rotatable bonds is 6. The Morgan fingerprint density at radius 1 is 1.10 bits per heavy atom. The highest BCUT2D eigenvalue weighted by molar-refractivity contribution is 7.92. The zero-order valence-electron chi connectivity index (χ0n) is 16.9. The van der Waals surface area contributed by atoms with Gasteiger partial charge in [0.15, 0.2) is 0 Å². The first-order valence-corrected chi connectivity index (χ1v) is 10.9. The van der Waals surface area contributed by atoms with Crippen molar-refractivity contribution in [2.24, 2.45) is 0 Å². The van der Waals surface area contributed by atoms with E-state index in [-0.39, 0.29) is 5.91 Å². The molecule has 8 heteroatoms. The van der Waals surface area contributed by atoms with Crippen molar-refractivity contribution < 1.29 is 13.2 Å². The summed E-state index contributed by atoms with van der Waals surface area (Å²) < 4.78 is 26.5. The Morgan fingerprint density at radius 3 is 2.38 bits per heavy atom. The minimum atomic E-state index is -3.37. The number of amides is 1. The number of hydrogen-bond acceptors (Lipinski definition) is 4. The van der Waals surface area contributed by atoms with Crippen LogP contribution in [0.4, 0.5) is 11.4 Å². The van der Waals surface area contributed by atoms with Crippen LogP contribution >= 0.6 is 0 Å². The molecule has 0 saturated carbocycles. The Morgan fingerprint density at radius 2 is 1.79 bits per heavy atom. The van der Waals surface area contributed by atoms with Crippen LogP contribution in [0.1, 0.15) is 27.3 Å². The number of aromatic nitrogens is 2. The number of carbonyl (C=O) groups excluding carboxylic acids is 1. The highest BCUT2D eigenvalue weighted by atomic mass is 32.2. The van der Waals surface area contributed by atoms with Gasteiger partial charge in [-0.1, -0.05) is 18.2 Å². The van der Waals surface area contributed by atoms with Gasteiger partial charge in [-0.25, -0.2) is 8.42 Å². The van der Waals surface area contributed by atoms with Crippen molar-refractivity contribution in [1.29, 1.82) is 0 Å². The summed E-state index contributed by atoms with van der Waals surface area (Å²) in [7, 11) is -1.90. The molecule has 0 saturated heterocycles. The first kappa shape index (κ1) is 20.6. The van der Waals surface area contributed by atoms with Gasteiger partial charge >= 0.3 is 0 Å². The molecular weight excluding hydrogens is 388 g/mol. The van der Waals surface area contributed by atoms with Crippen LogP contribution in [0.5, 0.6) is 0 Å². The Hall–Kier alpha value is -3.13. The van der Waals surface area contributed by atoms with Gasteiger partial charge in [0, 0.05) is 24.0 Å². The van der Waals surface area contributed by atoms with E-state index in [0.29, 0.717) is 23.5 Å². The van der Waals surface area contributed by atoms with E-state index in [1.165, 1.54) is 7.05 Å². The smallest absolute Gasteiger partial charge is 0.255 e. The second-order valence-electron chi connectivity index (χ2n) is 7.02. The predicted molar refractivity (Wildman–Crippen MR) is 115 cm³/mol. The second-order valence-corrected chi connectivity index (χ2v) is 9.03. The Bertz CT molecular complexity index is 1130. The molecule has 0 radical (unpaired) electrons. The van der Waals surface area contributed by atoms with E-state index in [1.54, 1.807) is 36.4 Å². The van der Waals surface area contributed by atoms with Crippen LogP contribution in [0.25, 0.3) is 0 Å². The third kappa shape index (κ3) is 5.03. The molecule has 3 aromatic rings. The standard InChI is InChI=1S/C21H24N4O3S/c1-15-12-16(2)25(23-15)14-17-8-10-18(11-9-17)21(26)22-19-6-5-7-20(13-19)24(3)29(4,27)28/h5-13H,14H2,1-4H3,(H,22,26). The van der Waals surface area contributed by atoms with Gasteiger partial charge in [-0.2, -0.15) is 5.10 Å². The molecule has 0 aliphatic carbocycles. The van der Waals surface area contributed by atoms with Gasteiger partial charge < -0.3 is 5.32 Å². The van der Waals surface area contributed by atoms with Crippen LogP contribution in [-0.4, -0.2) is 37.4 Å². The molecule has 0 fully saturated rings. The number of carbonyl (C=O) groups is 1. The molecule has 1 N–H and O–H groups in total. The van der Waals surface area contributed by atoms with Gasteiger partial charge in [-0.05, 0) is 55.8 Å². The van der Waals surface area contributed by atoms with Crippen LogP contribution in [0.15, 0.2) is 54.6 Å². The van der Waals surface area contributed by atoms with Gasteiger partial charge in [0.05, 0.1) is 24.2 Å². The van der Waals surface area contributed by atoms with Crippen molar-refractivity contribution in [3.8, 4) is 0 Å². The van der Waals surface area contributed by atoms with Gasteiger partial charge in [0.25, 0.3) is 5.91 Å². The zero-order chi connectivity index (χ0) is 21.2.